The normalized spacial score (nSPS) is 14.0. The number of amides is 1. The number of benzene rings is 1. The van der Waals surface area contributed by atoms with Gasteiger partial charge in [0.25, 0.3) is 0 Å². The van der Waals surface area contributed by atoms with E-state index in [-0.39, 0.29) is 5.91 Å². The first-order valence-corrected chi connectivity index (χ1v) is 8.95. The molecule has 0 saturated carbocycles. The van der Waals surface area contributed by atoms with Crippen molar-refractivity contribution in [3.63, 3.8) is 0 Å². The number of piperazine rings is 1. The van der Waals surface area contributed by atoms with E-state index < -0.39 is 5.97 Å². The van der Waals surface area contributed by atoms with Crippen LogP contribution in [0.1, 0.15) is 24.2 Å². The third-order valence-electron chi connectivity index (χ3n) is 4.36. The van der Waals surface area contributed by atoms with Gasteiger partial charge in [-0.15, -0.1) is 0 Å². The Balaban J connectivity index is 1.74. The number of nitrogens with zero attached hydrogens (tertiary/aromatic N) is 4. The fraction of sp³-hybridized carbons (Fsp3) is 0.368. The van der Waals surface area contributed by atoms with Crippen LogP contribution in [0.3, 0.4) is 0 Å². The van der Waals surface area contributed by atoms with Gasteiger partial charge in [0.1, 0.15) is 5.82 Å². The van der Waals surface area contributed by atoms with Crippen LogP contribution in [0.4, 0.5) is 17.5 Å². The molecule has 0 bridgehead atoms. The van der Waals surface area contributed by atoms with Gasteiger partial charge in [0.05, 0.1) is 17.9 Å². The summed E-state index contributed by atoms with van der Waals surface area (Å²) in [6, 6.07) is 8.93. The lowest BCUT2D eigenvalue weighted by molar-refractivity contribution is -0.129. The Hall–Kier alpha value is -3.16. The first kappa shape index (κ1) is 18.6. The minimum Gasteiger partial charge on any atom is -0.462 e. The quantitative estimate of drug-likeness (QED) is 0.807. The number of esters is 1. The van der Waals surface area contributed by atoms with Crippen molar-refractivity contribution in [1.29, 1.82) is 0 Å². The second kappa shape index (κ2) is 8.48. The highest BCUT2D eigenvalue weighted by Crippen LogP contribution is 2.21. The molecular formula is C19H23N5O3. The molecule has 0 atom stereocenters. The van der Waals surface area contributed by atoms with Gasteiger partial charge in [-0.2, -0.15) is 4.98 Å². The number of hydrogen-bond donors (Lipinski definition) is 1. The summed E-state index contributed by atoms with van der Waals surface area (Å²) in [6.45, 7) is 6.45. The Morgan fingerprint density at radius 2 is 1.89 bits per heavy atom. The van der Waals surface area contributed by atoms with Crippen molar-refractivity contribution < 1.29 is 14.3 Å². The molecule has 1 amide bonds. The van der Waals surface area contributed by atoms with E-state index in [4.69, 9.17) is 4.74 Å². The second-order valence-corrected chi connectivity index (χ2v) is 6.12. The molecular weight excluding hydrogens is 346 g/mol. The molecule has 1 N–H and O–H groups in total. The van der Waals surface area contributed by atoms with Crippen LogP contribution in [0.2, 0.25) is 0 Å². The van der Waals surface area contributed by atoms with Gasteiger partial charge >= 0.3 is 5.97 Å². The summed E-state index contributed by atoms with van der Waals surface area (Å²) in [5.41, 5.74) is 1.03. The summed E-state index contributed by atoms with van der Waals surface area (Å²) in [5, 5.41) is 3.10. The molecule has 1 aromatic carbocycles. The number of hydrogen-bond acceptors (Lipinski definition) is 7. The smallest absolute Gasteiger partial charge is 0.340 e. The maximum atomic E-state index is 12.1. The first-order valence-electron chi connectivity index (χ1n) is 8.95. The van der Waals surface area contributed by atoms with Crippen LogP contribution in [0.5, 0.6) is 0 Å². The molecule has 1 fully saturated rings. The zero-order chi connectivity index (χ0) is 19.2. The van der Waals surface area contributed by atoms with Gasteiger partial charge in [-0.25, -0.2) is 9.78 Å². The Morgan fingerprint density at radius 3 is 2.59 bits per heavy atom. The van der Waals surface area contributed by atoms with Crippen LogP contribution in [0.15, 0.2) is 36.5 Å². The van der Waals surface area contributed by atoms with E-state index in [9.17, 15) is 9.59 Å². The molecule has 0 aliphatic carbocycles. The van der Waals surface area contributed by atoms with Gasteiger partial charge in [0.15, 0.2) is 0 Å². The number of anilines is 3. The van der Waals surface area contributed by atoms with Crippen LogP contribution in [0, 0.1) is 0 Å². The molecule has 8 heteroatoms. The maximum Gasteiger partial charge on any atom is 0.340 e. The van der Waals surface area contributed by atoms with Crippen molar-refractivity contribution in [3.8, 4) is 0 Å². The average molecular weight is 369 g/mol. The average Bonchev–Trinajstić information content (AvgIpc) is 2.69. The van der Waals surface area contributed by atoms with E-state index in [1.54, 1.807) is 38.2 Å². The minimum absolute atomic E-state index is 0.0928. The van der Waals surface area contributed by atoms with Crippen LogP contribution in [0.25, 0.3) is 0 Å². The largest absolute Gasteiger partial charge is 0.462 e. The van der Waals surface area contributed by atoms with Crippen molar-refractivity contribution in [2.45, 2.75) is 13.8 Å². The number of ether oxygens (including phenoxy) is 1. The van der Waals surface area contributed by atoms with E-state index in [1.165, 1.54) is 0 Å². The SMILES string of the molecule is CCOC(=O)c1ccccc1Nc1nccc(N2CCN(C(C)=O)CC2)n1. The van der Waals surface area contributed by atoms with Crippen molar-refractivity contribution in [3.05, 3.63) is 42.1 Å². The predicted molar refractivity (Wildman–Crippen MR) is 102 cm³/mol. The van der Waals surface area contributed by atoms with Gasteiger partial charge < -0.3 is 19.9 Å². The van der Waals surface area contributed by atoms with Gasteiger partial charge in [-0.05, 0) is 25.1 Å². The van der Waals surface area contributed by atoms with E-state index in [1.807, 2.05) is 17.0 Å². The lowest BCUT2D eigenvalue weighted by Gasteiger charge is -2.34. The van der Waals surface area contributed by atoms with E-state index >= 15 is 0 Å². The van der Waals surface area contributed by atoms with Gasteiger partial charge in [-0.1, -0.05) is 12.1 Å². The van der Waals surface area contributed by atoms with Gasteiger partial charge in [0, 0.05) is 39.3 Å². The highest BCUT2D eigenvalue weighted by molar-refractivity contribution is 5.96. The fourth-order valence-corrected chi connectivity index (χ4v) is 2.94. The molecule has 0 spiro atoms. The maximum absolute atomic E-state index is 12.1. The molecule has 2 aromatic rings. The third-order valence-corrected chi connectivity index (χ3v) is 4.36. The monoisotopic (exact) mass is 369 g/mol. The lowest BCUT2D eigenvalue weighted by atomic mass is 10.2. The Morgan fingerprint density at radius 1 is 1.15 bits per heavy atom. The standard InChI is InChI=1S/C19H23N5O3/c1-3-27-18(26)15-6-4-5-7-16(15)21-19-20-9-8-17(22-19)24-12-10-23(11-13-24)14(2)25/h4-9H,3,10-13H2,1-2H3,(H,20,21,22). The second-order valence-electron chi connectivity index (χ2n) is 6.12. The molecule has 1 aromatic heterocycles. The Bertz CT molecular complexity index is 818. The lowest BCUT2D eigenvalue weighted by Crippen LogP contribution is -2.48. The summed E-state index contributed by atoms with van der Waals surface area (Å²) >= 11 is 0. The Labute approximate surface area is 158 Å². The van der Waals surface area contributed by atoms with Crippen LogP contribution in [-0.4, -0.2) is 59.5 Å². The van der Waals surface area contributed by atoms with E-state index in [2.05, 4.69) is 20.2 Å². The van der Waals surface area contributed by atoms with Crippen molar-refractivity contribution in [2.24, 2.45) is 0 Å². The zero-order valence-electron chi connectivity index (χ0n) is 15.5. The molecule has 0 unspecified atom stereocenters. The van der Waals surface area contributed by atoms with E-state index in [0.717, 1.165) is 18.9 Å². The number of nitrogens with one attached hydrogen (secondary N) is 1. The van der Waals surface area contributed by atoms with Crippen LogP contribution < -0.4 is 10.2 Å². The molecule has 1 aliphatic rings. The van der Waals surface area contributed by atoms with Gasteiger partial charge in [-0.3, -0.25) is 4.79 Å². The fourth-order valence-electron chi connectivity index (χ4n) is 2.94. The predicted octanol–water partition coefficient (Wildman–Crippen LogP) is 2.07. The topological polar surface area (TPSA) is 87.7 Å². The summed E-state index contributed by atoms with van der Waals surface area (Å²) < 4.78 is 5.09. The minimum atomic E-state index is -0.392. The molecule has 142 valence electrons. The highest BCUT2D eigenvalue weighted by Gasteiger charge is 2.20. The molecule has 1 aliphatic heterocycles. The number of aromatic nitrogens is 2. The molecule has 3 rings (SSSR count). The third kappa shape index (κ3) is 4.52. The number of carbonyl (C=O) groups is 2. The van der Waals surface area contributed by atoms with Crippen molar-refractivity contribution >= 4 is 29.3 Å². The summed E-state index contributed by atoms with van der Waals surface area (Å²) in [4.78, 5) is 36.3. The van der Waals surface area contributed by atoms with E-state index in [0.29, 0.717) is 36.9 Å². The zero-order valence-corrected chi connectivity index (χ0v) is 15.5. The summed E-state index contributed by atoms with van der Waals surface area (Å²) in [7, 11) is 0. The highest BCUT2D eigenvalue weighted by atomic mass is 16.5. The number of carbonyl (C=O) groups excluding carboxylic acids is 2. The van der Waals surface area contributed by atoms with Crippen molar-refractivity contribution in [2.75, 3.05) is 43.0 Å². The van der Waals surface area contributed by atoms with Gasteiger partial charge in [0.2, 0.25) is 11.9 Å². The Kier molecular flexibility index (Phi) is 5.85. The van der Waals surface area contributed by atoms with Crippen LogP contribution in [-0.2, 0) is 9.53 Å². The molecule has 1 saturated heterocycles. The summed E-state index contributed by atoms with van der Waals surface area (Å²) in [6.07, 6.45) is 1.68. The van der Waals surface area contributed by atoms with Crippen molar-refractivity contribution in [1.82, 2.24) is 14.9 Å². The molecule has 0 radical (unpaired) electrons. The number of para-hydroxylation sites is 1. The molecule has 8 nitrogen and oxygen atoms in total. The summed E-state index contributed by atoms with van der Waals surface area (Å²) in [5.74, 6) is 0.884. The first-order chi connectivity index (χ1) is 13.1. The van der Waals surface area contributed by atoms with Crippen LogP contribution >= 0.6 is 0 Å². The number of rotatable bonds is 5. The molecule has 2 heterocycles. The molecule has 27 heavy (non-hydrogen) atoms.